The molecule has 122 valence electrons. The number of ether oxygens (including phenoxy) is 2. The Morgan fingerprint density at radius 3 is 1.58 bits per heavy atom. The second-order valence-corrected chi connectivity index (χ2v) is 5.56. The first-order chi connectivity index (χ1) is 11.6. The lowest BCUT2D eigenvalue weighted by Gasteiger charge is -2.36. The van der Waals surface area contributed by atoms with Gasteiger partial charge in [0.25, 0.3) is 5.79 Å². The summed E-state index contributed by atoms with van der Waals surface area (Å²) in [6, 6.07) is 18.6. The number of carbonyl (C=O) groups excluding carboxylic acids is 2. The average molecular weight is 324 g/mol. The third-order valence-corrected chi connectivity index (χ3v) is 3.76. The fraction of sp³-hybridized carbons (Fsp3) is 0.158. The van der Waals surface area contributed by atoms with Gasteiger partial charge in [-0.3, -0.25) is 0 Å². The number of rotatable bonds is 4. The third-order valence-electron chi connectivity index (χ3n) is 3.76. The Balaban J connectivity index is 1.95. The first kappa shape index (κ1) is 15.8. The van der Waals surface area contributed by atoms with Crippen LogP contribution in [-0.2, 0) is 31.9 Å². The Hall–Kier alpha value is -3.08. The lowest BCUT2D eigenvalue weighted by atomic mass is 9.96. The smallest absolute Gasteiger partial charge is 0.352 e. The van der Waals surface area contributed by atoms with E-state index < -0.39 is 23.3 Å². The molecule has 0 bridgehead atoms. The Bertz CT molecular complexity index is 701. The maximum Gasteiger partial charge on any atom is 0.352 e. The first-order valence-electron chi connectivity index (χ1n) is 7.51. The van der Waals surface area contributed by atoms with Gasteiger partial charge in [0.1, 0.15) is 6.26 Å². The van der Waals surface area contributed by atoms with Gasteiger partial charge in [-0.05, 0) is 11.1 Å². The Labute approximate surface area is 139 Å². The van der Waals surface area contributed by atoms with Gasteiger partial charge in [-0.2, -0.15) is 0 Å². The summed E-state index contributed by atoms with van der Waals surface area (Å²) in [7, 11) is 0. The fourth-order valence-corrected chi connectivity index (χ4v) is 2.68. The number of esters is 2. The van der Waals surface area contributed by atoms with Crippen molar-refractivity contribution in [3.8, 4) is 0 Å². The van der Waals surface area contributed by atoms with Crippen LogP contribution in [0.5, 0.6) is 0 Å². The highest BCUT2D eigenvalue weighted by molar-refractivity contribution is 6.15. The monoisotopic (exact) mass is 324 g/mol. The van der Waals surface area contributed by atoms with Gasteiger partial charge in [0.05, 0.1) is 12.8 Å². The molecule has 0 radical (unpaired) electrons. The summed E-state index contributed by atoms with van der Waals surface area (Å²) in [5, 5.41) is 9.02. The van der Waals surface area contributed by atoms with Crippen LogP contribution < -0.4 is 0 Å². The molecule has 24 heavy (non-hydrogen) atoms. The zero-order valence-corrected chi connectivity index (χ0v) is 12.8. The molecule has 0 unspecified atom stereocenters. The SMILES string of the molecule is O=C1OC(Cc2ccccc2)(Cc2ccccc2)OC(=O)C1=CO. The van der Waals surface area contributed by atoms with Crippen molar-refractivity contribution in [3.05, 3.63) is 83.6 Å². The molecule has 5 nitrogen and oxygen atoms in total. The lowest BCUT2D eigenvalue weighted by molar-refractivity contribution is -0.234. The van der Waals surface area contributed by atoms with Crippen LogP contribution in [-0.4, -0.2) is 22.8 Å². The van der Waals surface area contributed by atoms with Crippen LogP contribution in [0.2, 0.25) is 0 Å². The molecule has 1 heterocycles. The lowest BCUT2D eigenvalue weighted by Crippen LogP contribution is -2.49. The predicted octanol–water partition coefficient (Wildman–Crippen LogP) is 2.71. The number of hydrogen-bond acceptors (Lipinski definition) is 5. The van der Waals surface area contributed by atoms with E-state index >= 15 is 0 Å². The summed E-state index contributed by atoms with van der Waals surface area (Å²) in [4.78, 5) is 24.2. The molecule has 0 aliphatic carbocycles. The second kappa shape index (κ2) is 6.58. The van der Waals surface area contributed by atoms with E-state index in [0.717, 1.165) is 11.1 Å². The zero-order chi connectivity index (χ0) is 17.0. The molecule has 1 N–H and O–H groups in total. The van der Waals surface area contributed by atoms with E-state index in [1.807, 2.05) is 60.7 Å². The van der Waals surface area contributed by atoms with Gasteiger partial charge >= 0.3 is 11.9 Å². The van der Waals surface area contributed by atoms with Gasteiger partial charge < -0.3 is 14.6 Å². The zero-order valence-electron chi connectivity index (χ0n) is 12.8. The minimum Gasteiger partial charge on any atom is -0.514 e. The van der Waals surface area contributed by atoms with Crippen LogP contribution in [0.15, 0.2) is 72.5 Å². The van der Waals surface area contributed by atoms with Crippen molar-refractivity contribution in [1.82, 2.24) is 0 Å². The molecule has 1 fully saturated rings. The van der Waals surface area contributed by atoms with E-state index in [9.17, 15) is 9.59 Å². The average Bonchev–Trinajstić information content (AvgIpc) is 2.56. The number of aliphatic hydroxyl groups is 1. The third kappa shape index (κ3) is 3.30. The standard InChI is InChI=1S/C19H16O5/c20-13-16-17(21)23-19(24-18(16)22,11-14-7-3-1-4-8-14)12-15-9-5-2-6-10-15/h1-10,13,20H,11-12H2. The summed E-state index contributed by atoms with van der Waals surface area (Å²) in [6.07, 6.45) is 0.859. The van der Waals surface area contributed by atoms with Gasteiger partial charge in [-0.25, -0.2) is 9.59 Å². The summed E-state index contributed by atoms with van der Waals surface area (Å²) >= 11 is 0. The maximum atomic E-state index is 12.1. The van der Waals surface area contributed by atoms with Crippen molar-refractivity contribution in [1.29, 1.82) is 0 Å². The van der Waals surface area contributed by atoms with Crippen LogP contribution in [0, 0.1) is 0 Å². The molecule has 5 heteroatoms. The topological polar surface area (TPSA) is 72.8 Å². The van der Waals surface area contributed by atoms with Gasteiger partial charge in [0.2, 0.25) is 0 Å². The second-order valence-electron chi connectivity index (χ2n) is 5.56. The Kier molecular flexibility index (Phi) is 4.33. The van der Waals surface area contributed by atoms with Crippen LogP contribution in [0.1, 0.15) is 11.1 Å². The predicted molar refractivity (Wildman–Crippen MR) is 85.9 cm³/mol. The number of cyclic esters (lactones) is 2. The highest BCUT2D eigenvalue weighted by Gasteiger charge is 2.46. The van der Waals surface area contributed by atoms with Gasteiger partial charge in [-0.1, -0.05) is 60.7 Å². The van der Waals surface area contributed by atoms with E-state index in [1.165, 1.54) is 0 Å². The Morgan fingerprint density at radius 2 is 1.21 bits per heavy atom. The van der Waals surface area contributed by atoms with Crippen LogP contribution in [0.3, 0.4) is 0 Å². The van der Waals surface area contributed by atoms with Crippen molar-refractivity contribution in [3.63, 3.8) is 0 Å². The van der Waals surface area contributed by atoms with E-state index in [2.05, 4.69) is 0 Å². The number of aliphatic hydroxyl groups excluding tert-OH is 1. The largest absolute Gasteiger partial charge is 0.514 e. The van der Waals surface area contributed by atoms with Crippen LogP contribution >= 0.6 is 0 Å². The van der Waals surface area contributed by atoms with Crippen molar-refractivity contribution >= 4 is 11.9 Å². The molecule has 1 aliphatic heterocycles. The van der Waals surface area contributed by atoms with Gasteiger partial charge in [0, 0.05) is 0 Å². The van der Waals surface area contributed by atoms with E-state index in [4.69, 9.17) is 14.6 Å². The summed E-state index contributed by atoms with van der Waals surface area (Å²) in [6.45, 7) is 0. The minimum absolute atomic E-state index is 0.221. The van der Waals surface area contributed by atoms with E-state index in [0.29, 0.717) is 6.26 Å². The first-order valence-corrected chi connectivity index (χ1v) is 7.51. The molecular weight excluding hydrogens is 308 g/mol. The summed E-state index contributed by atoms with van der Waals surface area (Å²) < 4.78 is 10.9. The minimum atomic E-state index is -1.44. The van der Waals surface area contributed by atoms with Gasteiger partial charge in [0.15, 0.2) is 5.57 Å². The highest BCUT2D eigenvalue weighted by atomic mass is 16.7. The van der Waals surface area contributed by atoms with Crippen LogP contribution in [0.4, 0.5) is 0 Å². The molecule has 2 aromatic rings. The Morgan fingerprint density at radius 1 is 0.792 bits per heavy atom. The maximum absolute atomic E-state index is 12.1. The number of carbonyl (C=O) groups is 2. The summed E-state index contributed by atoms with van der Waals surface area (Å²) in [5.74, 6) is -3.22. The normalized spacial score (nSPS) is 16.2. The molecule has 0 saturated carbocycles. The fourth-order valence-electron chi connectivity index (χ4n) is 2.68. The molecule has 2 aromatic carbocycles. The quantitative estimate of drug-likeness (QED) is 0.405. The molecule has 0 spiro atoms. The van der Waals surface area contributed by atoms with Crippen molar-refractivity contribution in [2.24, 2.45) is 0 Å². The molecule has 0 atom stereocenters. The van der Waals surface area contributed by atoms with Gasteiger partial charge in [-0.15, -0.1) is 0 Å². The molecular formula is C19H16O5. The number of hydrogen-bond donors (Lipinski definition) is 1. The van der Waals surface area contributed by atoms with Crippen molar-refractivity contribution < 1.29 is 24.2 Å². The van der Waals surface area contributed by atoms with Crippen LogP contribution in [0.25, 0.3) is 0 Å². The molecule has 1 saturated heterocycles. The molecule has 1 aliphatic rings. The molecule has 0 amide bonds. The highest BCUT2D eigenvalue weighted by Crippen LogP contribution is 2.31. The van der Waals surface area contributed by atoms with Crippen molar-refractivity contribution in [2.75, 3.05) is 0 Å². The summed E-state index contributed by atoms with van der Waals surface area (Å²) in [5.41, 5.74) is 1.22. The van der Waals surface area contributed by atoms with Crippen molar-refractivity contribution in [2.45, 2.75) is 18.6 Å². The van der Waals surface area contributed by atoms with E-state index in [1.54, 1.807) is 0 Å². The van der Waals surface area contributed by atoms with E-state index in [-0.39, 0.29) is 12.8 Å². The number of benzene rings is 2. The molecule has 3 rings (SSSR count). The molecule has 0 aromatic heterocycles.